The third-order valence-electron chi connectivity index (χ3n) is 7.34. The van der Waals surface area contributed by atoms with E-state index < -0.39 is 17.7 Å². The molecule has 1 aliphatic rings. The predicted octanol–water partition coefficient (Wildman–Crippen LogP) is 6.31. The second-order valence-corrected chi connectivity index (χ2v) is 10.0. The first-order valence-electron chi connectivity index (χ1n) is 13.3. The summed E-state index contributed by atoms with van der Waals surface area (Å²) in [6.07, 6.45) is 0. The SMILES string of the molecule is CCN(CC)c1ccc(N2C(=O)C(=O)/C(=C(/O)c3cc(C(C)C)c(OC)cc3C)C2c2cccc(O)c2)cc1. The minimum absolute atomic E-state index is 0.00214. The van der Waals surface area contributed by atoms with Crippen molar-refractivity contribution in [3.8, 4) is 11.5 Å². The number of carbonyl (C=O) groups is 2. The van der Waals surface area contributed by atoms with E-state index in [1.807, 2.05) is 57.2 Å². The lowest BCUT2D eigenvalue weighted by Gasteiger charge is -2.27. The lowest BCUT2D eigenvalue weighted by atomic mass is 9.91. The second kappa shape index (κ2) is 11.2. The normalized spacial score (nSPS) is 16.7. The number of rotatable bonds is 8. The van der Waals surface area contributed by atoms with Gasteiger partial charge in [0.1, 0.15) is 17.3 Å². The summed E-state index contributed by atoms with van der Waals surface area (Å²) in [4.78, 5) is 30.7. The van der Waals surface area contributed by atoms with E-state index >= 15 is 0 Å². The molecule has 1 heterocycles. The number of phenols is 1. The van der Waals surface area contributed by atoms with Gasteiger partial charge in [-0.2, -0.15) is 0 Å². The molecule has 0 bridgehead atoms. The molecule has 1 unspecified atom stereocenters. The van der Waals surface area contributed by atoms with Crippen LogP contribution in [-0.2, 0) is 9.59 Å². The lowest BCUT2D eigenvalue weighted by molar-refractivity contribution is -0.132. The Hall–Kier alpha value is -4.26. The zero-order valence-corrected chi connectivity index (χ0v) is 23.4. The molecule has 0 radical (unpaired) electrons. The fourth-order valence-electron chi connectivity index (χ4n) is 5.25. The van der Waals surface area contributed by atoms with Gasteiger partial charge in [-0.25, -0.2) is 0 Å². The number of aromatic hydroxyl groups is 1. The quantitative estimate of drug-likeness (QED) is 0.202. The van der Waals surface area contributed by atoms with Gasteiger partial charge in [0.15, 0.2) is 0 Å². The third kappa shape index (κ3) is 5.09. The topological polar surface area (TPSA) is 90.3 Å². The highest BCUT2D eigenvalue weighted by Gasteiger charge is 2.47. The number of Topliss-reactive ketones (excluding diaryl/α,β-unsaturated/α-hetero) is 1. The van der Waals surface area contributed by atoms with E-state index in [1.165, 1.54) is 17.0 Å². The molecule has 204 valence electrons. The summed E-state index contributed by atoms with van der Waals surface area (Å²) < 4.78 is 5.55. The molecule has 0 saturated carbocycles. The van der Waals surface area contributed by atoms with E-state index in [2.05, 4.69) is 18.7 Å². The maximum Gasteiger partial charge on any atom is 0.300 e. The monoisotopic (exact) mass is 528 g/mol. The molecule has 2 N–H and O–H groups in total. The number of methoxy groups -OCH3 is 1. The Morgan fingerprint density at radius 1 is 1.03 bits per heavy atom. The minimum Gasteiger partial charge on any atom is -0.508 e. The summed E-state index contributed by atoms with van der Waals surface area (Å²) in [7, 11) is 1.60. The van der Waals surface area contributed by atoms with Gasteiger partial charge in [0.05, 0.1) is 18.7 Å². The number of ether oxygens (including phenoxy) is 1. The molecular formula is C32H36N2O5. The van der Waals surface area contributed by atoms with E-state index in [9.17, 15) is 19.8 Å². The van der Waals surface area contributed by atoms with Gasteiger partial charge in [-0.1, -0.05) is 26.0 Å². The first-order valence-corrected chi connectivity index (χ1v) is 13.3. The van der Waals surface area contributed by atoms with Gasteiger partial charge < -0.3 is 19.8 Å². The standard InChI is InChI=1S/C32H36N2O5/c1-7-33(8-2)22-12-14-23(15-13-22)34-29(21-10-9-11-24(35)17-21)28(31(37)32(34)38)30(36)26-18-25(19(3)4)27(39-6)16-20(26)5/h9-19,29,35-36H,7-8H2,1-6H3/b30-28+. The van der Waals surface area contributed by atoms with Gasteiger partial charge in [0.25, 0.3) is 11.7 Å². The molecule has 1 atom stereocenters. The van der Waals surface area contributed by atoms with Crippen LogP contribution in [0.2, 0.25) is 0 Å². The molecule has 7 nitrogen and oxygen atoms in total. The Bertz CT molecular complexity index is 1420. The van der Waals surface area contributed by atoms with Gasteiger partial charge in [0.2, 0.25) is 0 Å². The highest BCUT2D eigenvalue weighted by molar-refractivity contribution is 6.51. The number of aliphatic hydroxyl groups is 1. The van der Waals surface area contributed by atoms with Gasteiger partial charge in [-0.3, -0.25) is 14.5 Å². The maximum absolute atomic E-state index is 13.6. The average Bonchev–Trinajstić information content (AvgIpc) is 3.19. The van der Waals surface area contributed by atoms with Crippen LogP contribution in [0.1, 0.15) is 61.9 Å². The number of phenolic OH excluding ortho intramolecular Hbond substituents is 1. The number of anilines is 2. The van der Waals surface area contributed by atoms with Crippen molar-refractivity contribution in [2.45, 2.75) is 46.6 Å². The Morgan fingerprint density at radius 2 is 1.69 bits per heavy atom. The summed E-state index contributed by atoms with van der Waals surface area (Å²) in [5.74, 6) is -0.993. The van der Waals surface area contributed by atoms with E-state index in [1.54, 1.807) is 19.2 Å². The Kier molecular flexibility index (Phi) is 8.00. The Balaban J connectivity index is 1.93. The van der Waals surface area contributed by atoms with Crippen LogP contribution in [-0.4, -0.2) is 42.1 Å². The Labute approximate surface area is 230 Å². The maximum atomic E-state index is 13.6. The number of aliphatic hydroxyl groups excluding tert-OH is 1. The summed E-state index contributed by atoms with van der Waals surface area (Å²) in [6.45, 7) is 11.7. The van der Waals surface area contributed by atoms with Crippen LogP contribution >= 0.6 is 0 Å². The molecule has 0 aromatic heterocycles. The van der Waals surface area contributed by atoms with Crippen molar-refractivity contribution in [2.75, 3.05) is 30.0 Å². The zero-order chi connectivity index (χ0) is 28.4. The summed E-state index contributed by atoms with van der Waals surface area (Å²) >= 11 is 0. The molecule has 1 fully saturated rings. The fraction of sp³-hybridized carbons (Fsp3) is 0.312. The molecule has 3 aromatic rings. The molecule has 0 spiro atoms. The van der Waals surface area contributed by atoms with Crippen molar-refractivity contribution in [1.29, 1.82) is 0 Å². The minimum atomic E-state index is -0.930. The van der Waals surface area contributed by atoms with Crippen LogP contribution in [0, 0.1) is 6.92 Å². The second-order valence-electron chi connectivity index (χ2n) is 10.0. The number of ketones is 1. The van der Waals surface area contributed by atoms with Crippen molar-refractivity contribution in [3.05, 3.63) is 88.5 Å². The van der Waals surface area contributed by atoms with Crippen molar-refractivity contribution in [1.82, 2.24) is 0 Å². The van der Waals surface area contributed by atoms with E-state index in [0.717, 1.165) is 24.3 Å². The van der Waals surface area contributed by atoms with Gasteiger partial charge in [-0.15, -0.1) is 0 Å². The summed E-state index contributed by atoms with van der Waals surface area (Å²) in [5.41, 5.74) is 4.05. The van der Waals surface area contributed by atoms with Crippen molar-refractivity contribution >= 4 is 28.8 Å². The van der Waals surface area contributed by atoms with Crippen molar-refractivity contribution in [2.24, 2.45) is 0 Å². The highest BCUT2D eigenvalue weighted by atomic mass is 16.5. The molecule has 0 aliphatic carbocycles. The van der Waals surface area contributed by atoms with E-state index in [-0.39, 0.29) is 23.0 Å². The fourth-order valence-corrected chi connectivity index (χ4v) is 5.25. The van der Waals surface area contributed by atoms with Crippen LogP contribution in [0.15, 0.2) is 66.2 Å². The van der Waals surface area contributed by atoms with Crippen LogP contribution in [0.25, 0.3) is 5.76 Å². The van der Waals surface area contributed by atoms with Gasteiger partial charge in [-0.05, 0) is 91.9 Å². The summed E-state index contributed by atoms with van der Waals surface area (Å²) in [5, 5.41) is 21.9. The number of nitrogens with zero attached hydrogens (tertiary/aromatic N) is 2. The summed E-state index contributed by atoms with van der Waals surface area (Å²) in [6, 6.07) is 16.6. The molecule has 4 rings (SSSR count). The zero-order valence-electron chi connectivity index (χ0n) is 23.4. The van der Waals surface area contributed by atoms with Crippen molar-refractivity contribution < 1.29 is 24.5 Å². The molecule has 3 aromatic carbocycles. The number of amides is 1. The predicted molar refractivity (Wildman–Crippen MR) is 155 cm³/mol. The number of hydrogen-bond acceptors (Lipinski definition) is 6. The van der Waals surface area contributed by atoms with Crippen molar-refractivity contribution in [3.63, 3.8) is 0 Å². The molecule has 7 heteroatoms. The number of carbonyl (C=O) groups excluding carboxylic acids is 2. The largest absolute Gasteiger partial charge is 0.508 e. The first kappa shape index (κ1) is 27.8. The van der Waals surface area contributed by atoms with E-state index in [0.29, 0.717) is 28.1 Å². The van der Waals surface area contributed by atoms with Crippen LogP contribution < -0.4 is 14.5 Å². The van der Waals surface area contributed by atoms with E-state index in [4.69, 9.17) is 4.74 Å². The smallest absolute Gasteiger partial charge is 0.300 e. The van der Waals surface area contributed by atoms with Crippen LogP contribution in [0.4, 0.5) is 11.4 Å². The Morgan fingerprint density at radius 3 is 2.26 bits per heavy atom. The van der Waals surface area contributed by atoms with Crippen LogP contribution in [0.3, 0.4) is 0 Å². The highest BCUT2D eigenvalue weighted by Crippen LogP contribution is 2.44. The number of aryl methyl sites for hydroxylation is 1. The lowest BCUT2D eigenvalue weighted by Crippen LogP contribution is -2.29. The van der Waals surface area contributed by atoms with Gasteiger partial charge >= 0.3 is 0 Å². The third-order valence-corrected chi connectivity index (χ3v) is 7.34. The molecule has 1 aliphatic heterocycles. The van der Waals surface area contributed by atoms with Crippen LogP contribution in [0.5, 0.6) is 11.5 Å². The molecule has 1 saturated heterocycles. The molecule has 39 heavy (non-hydrogen) atoms. The molecular weight excluding hydrogens is 492 g/mol. The number of hydrogen-bond donors (Lipinski definition) is 2. The van der Waals surface area contributed by atoms with Gasteiger partial charge in [0, 0.05) is 30.0 Å². The molecule has 1 amide bonds. The number of benzene rings is 3. The average molecular weight is 529 g/mol. The first-order chi connectivity index (χ1) is 18.6.